The molecule has 9 atom stereocenters. The van der Waals surface area contributed by atoms with E-state index in [-0.39, 0.29) is 35.1 Å². The highest BCUT2D eigenvalue weighted by atomic mass is 16.6. The van der Waals surface area contributed by atoms with Gasteiger partial charge in [0.25, 0.3) is 0 Å². The van der Waals surface area contributed by atoms with Gasteiger partial charge in [0.1, 0.15) is 11.2 Å². The number of esters is 2. The molecule has 0 aromatic heterocycles. The minimum atomic E-state index is -1.08. The molecule has 0 aromatic rings. The molecule has 0 radical (unpaired) electrons. The Kier molecular flexibility index (Phi) is 3.72. The summed E-state index contributed by atoms with van der Waals surface area (Å²) in [4.78, 5) is 37.5. The fourth-order valence-corrected chi connectivity index (χ4v) is 8.74. The number of rotatable bonds is 1. The standard InChI is InChI=1S/C24H30O7/c1-21-7-4-12(25)10-14(21)19(27)17(20(28)29-3)18-13-5-8-23(9-6-16(26)31-23)22(13,2)11-15-24(18,21)30-15/h10,13,15,17-19,27H,4-9,11H2,1-3H3/t13-,15-,17+,18+,19-,21+,22+,23-,24+/m1/s1. The molecule has 0 unspecified atom stereocenters. The molecule has 2 spiro atoms. The van der Waals surface area contributed by atoms with Gasteiger partial charge in [0.05, 0.1) is 25.2 Å². The van der Waals surface area contributed by atoms with Gasteiger partial charge in [-0.05, 0) is 49.7 Å². The number of aliphatic hydroxyl groups is 1. The number of methoxy groups -OCH3 is 1. The highest BCUT2D eigenvalue weighted by Gasteiger charge is 2.84. The number of fused-ring (bicyclic) bond motifs is 4. The lowest BCUT2D eigenvalue weighted by Gasteiger charge is -2.59. The smallest absolute Gasteiger partial charge is 0.312 e. The van der Waals surface area contributed by atoms with Gasteiger partial charge in [-0.3, -0.25) is 14.4 Å². The molecule has 31 heavy (non-hydrogen) atoms. The Labute approximate surface area is 181 Å². The summed E-state index contributed by atoms with van der Waals surface area (Å²) in [5, 5.41) is 11.5. The molecule has 2 saturated heterocycles. The van der Waals surface area contributed by atoms with Crippen LogP contribution in [0.4, 0.5) is 0 Å². The molecule has 7 nitrogen and oxygen atoms in total. The average molecular weight is 430 g/mol. The monoisotopic (exact) mass is 430 g/mol. The Bertz CT molecular complexity index is 940. The molecule has 7 heteroatoms. The second-order valence-electron chi connectivity index (χ2n) is 11.1. The van der Waals surface area contributed by atoms with Gasteiger partial charge in [-0.15, -0.1) is 0 Å². The van der Waals surface area contributed by atoms with Crippen LogP contribution in [0.1, 0.15) is 58.8 Å². The summed E-state index contributed by atoms with van der Waals surface area (Å²) in [6.07, 6.45) is 4.91. The first kappa shape index (κ1) is 19.9. The summed E-state index contributed by atoms with van der Waals surface area (Å²) in [7, 11) is 1.35. The van der Waals surface area contributed by atoms with Crippen molar-refractivity contribution < 1.29 is 33.7 Å². The van der Waals surface area contributed by atoms with Crippen LogP contribution in [0.15, 0.2) is 11.6 Å². The van der Waals surface area contributed by atoms with E-state index in [1.165, 1.54) is 7.11 Å². The molecule has 6 rings (SSSR count). The maximum atomic E-state index is 13.1. The van der Waals surface area contributed by atoms with Crippen molar-refractivity contribution in [2.75, 3.05) is 7.11 Å². The van der Waals surface area contributed by atoms with Crippen molar-refractivity contribution in [2.24, 2.45) is 28.6 Å². The molecule has 3 saturated carbocycles. The highest BCUT2D eigenvalue weighted by molar-refractivity contribution is 5.92. The van der Waals surface area contributed by atoms with Gasteiger partial charge in [0, 0.05) is 29.6 Å². The van der Waals surface area contributed by atoms with E-state index in [1.807, 2.05) is 0 Å². The third kappa shape index (κ3) is 2.06. The van der Waals surface area contributed by atoms with E-state index in [4.69, 9.17) is 14.2 Å². The predicted octanol–water partition coefficient (Wildman–Crippen LogP) is 2.10. The third-order valence-corrected chi connectivity index (χ3v) is 10.3. The minimum absolute atomic E-state index is 0.0134. The van der Waals surface area contributed by atoms with Crippen molar-refractivity contribution in [2.45, 2.75) is 82.2 Å². The van der Waals surface area contributed by atoms with Crippen molar-refractivity contribution >= 4 is 17.7 Å². The van der Waals surface area contributed by atoms with Crippen LogP contribution in [-0.4, -0.2) is 53.3 Å². The van der Waals surface area contributed by atoms with Crippen molar-refractivity contribution in [3.63, 3.8) is 0 Å². The van der Waals surface area contributed by atoms with E-state index in [1.54, 1.807) is 6.08 Å². The third-order valence-electron chi connectivity index (χ3n) is 10.3. The Hall–Kier alpha value is -1.73. The highest BCUT2D eigenvalue weighted by Crippen LogP contribution is 2.78. The lowest BCUT2D eigenvalue weighted by atomic mass is 9.43. The zero-order valence-corrected chi connectivity index (χ0v) is 18.3. The molecule has 0 aromatic carbocycles. The summed E-state index contributed by atoms with van der Waals surface area (Å²) in [6, 6.07) is 0. The molecule has 1 N–H and O–H groups in total. The minimum Gasteiger partial charge on any atom is -0.469 e. The molecule has 0 bridgehead atoms. The van der Waals surface area contributed by atoms with Crippen LogP contribution in [0.25, 0.3) is 0 Å². The van der Waals surface area contributed by atoms with Gasteiger partial charge in [0.15, 0.2) is 5.78 Å². The van der Waals surface area contributed by atoms with Crippen LogP contribution in [0, 0.1) is 28.6 Å². The molecule has 0 amide bonds. The van der Waals surface area contributed by atoms with Crippen LogP contribution in [0.2, 0.25) is 0 Å². The first-order valence-electron chi connectivity index (χ1n) is 11.5. The van der Waals surface area contributed by atoms with E-state index in [0.717, 1.165) is 19.3 Å². The van der Waals surface area contributed by atoms with E-state index < -0.39 is 34.6 Å². The van der Waals surface area contributed by atoms with Crippen molar-refractivity contribution in [1.82, 2.24) is 0 Å². The fraction of sp³-hybridized carbons (Fsp3) is 0.792. The van der Waals surface area contributed by atoms with Gasteiger partial charge in [0.2, 0.25) is 0 Å². The topological polar surface area (TPSA) is 102 Å². The summed E-state index contributed by atoms with van der Waals surface area (Å²) >= 11 is 0. The van der Waals surface area contributed by atoms with Crippen molar-refractivity contribution in [3.8, 4) is 0 Å². The first-order valence-corrected chi connectivity index (χ1v) is 11.5. The Morgan fingerprint density at radius 2 is 1.97 bits per heavy atom. The summed E-state index contributed by atoms with van der Waals surface area (Å²) in [5.41, 5.74) is -1.29. The van der Waals surface area contributed by atoms with Gasteiger partial charge in [-0.1, -0.05) is 13.8 Å². The first-order chi connectivity index (χ1) is 14.6. The largest absolute Gasteiger partial charge is 0.469 e. The number of ketones is 1. The maximum Gasteiger partial charge on any atom is 0.312 e. The molecular weight excluding hydrogens is 400 g/mol. The molecule has 5 fully saturated rings. The van der Waals surface area contributed by atoms with Crippen molar-refractivity contribution in [1.29, 1.82) is 0 Å². The number of ether oxygens (including phenoxy) is 3. The lowest BCUT2D eigenvalue weighted by Crippen LogP contribution is -2.66. The zero-order valence-electron chi connectivity index (χ0n) is 18.3. The SMILES string of the molecule is COC(=O)[C@H]1[C@@H]2[C@H]3CC[C@@]4(CCC(=O)O4)[C@@]3(C)C[C@H]3O[C@]23[C@@]2(C)CCC(=O)C=C2[C@H]1O. The quantitative estimate of drug-likeness (QED) is 0.502. The average Bonchev–Trinajstić information content (AvgIpc) is 3.23. The molecular formula is C24H30O7. The number of hydrogen-bond acceptors (Lipinski definition) is 7. The lowest BCUT2D eigenvalue weighted by molar-refractivity contribution is -0.179. The Morgan fingerprint density at radius 1 is 1.19 bits per heavy atom. The zero-order chi connectivity index (χ0) is 22.0. The Balaban J connectivity index is 1.52. The van der Waals surface area contributed by atoms with Crippen LogP contribution < -0.4 is 0 Å². The van der Waals surface area contributed by atoms with E-state index >= 15 is 0 Å². The van der Waals surface area contributed by atoms with Gasteiger partial charge in [-0.2, -0.15) is 0 Å². The number of epoxide rings is 1. The second kappa shape index (κ2) is 5.79. The molecule has 4 aliphatic carbocycles. The normalized spacial score (nSPS) is 54.3. The Morgan fingerprint density at radius 3 is 2.65 bits per heavy atom. The molecule has 168 valence electrons. The van der Waals surface area contributed by atoms with E-state index in [2.05, 4.69) is 13.8 Å². The predicted molar refractivity (Wildman–Crippen MR) is 107 cm³/mol. The van der Waals surface area contributed by atoms with Crippen LogP contribution in [-0.2, 0) is 28.6 Å². The number of carbonyl (C=O) groups is 3. The van der Waals surface area contributed by atoms with Gasteiger partial charge < -0.3 is 19.3 Å². The maximum absolute atomic E-state index is 13.1. The van der Waals surface area contributed by atoms with Gasteiger partial charge in [-0.25, -0.2) is 0 Å². The number of hydrogen-bond donors (Lipinski definition) is 1. The summed E-state index contributed by atoms with van der Waals surface area (Å²) in [5.74, 6) is -1.59. The molecule has 2 aliphatic heterocycles. The van der Waals surface area contributed by atoms with Crippen LogP contribution >= 0.6 is 0 Å². The van der Waals surface area contributed by atoms with Crippen LogP contribution in [0.5, 0.6) is 0 Å². The molecule has 2 heterocycles. The fourth-order valence-electron chi connectivity index (χ4n) is 8.74. The second-order valence-corrected chi connectivity index (χ2v) is 11.1. The van der Waals surface area contributed by atoms with Crippen molar-refractivity contribution in [3.05, 3.63) is 11.6 Å². The van der Waals surface area contributed by atoms with E-state index in [0.29, 0.717) is 31.3 Å². The summed E-state index contributed by atoms with van der Waals surface area (Å²) in [6.45, 7) is 4.28. The van der Waals surface area contributed by atoms with Gasteiger partial charge >= 0.3 is 11.9 Å². The summed E-state index contributed by atoms with van der Waals surface area (Å²) < 4.78 is 17.7. The van der Waals surface area contributed by atoms with E-state index in [9.17, 15) is 19.5 Å². The number of carbonyl (C=O) groups excluding carboxylic acids is 3. The molecule has 6 aliphatic rings. The number of aliphatic hydroxyl groups excluding tert-OH is 1. The van der Waals surface area contributed by atoms with Crippen LogP contribution in [0.3, 0.4) is 0 Å².